The third kappa shape index (κ3) is 6.66. The molecule has 0 heterocycles. The summed E-state index contributed by atoms with van der Waals surface area (Å²) in [6, 6.07) is 9.32. The van der Waals surface area contributed by atoms with E-state index in [1.54, 1.807) is 0 Å². The Morgan fingerprint density at radius 2 is 1.74 bits per heavy atom. The summed E-state index contributed by atoms with van der Waals surface area (Å²) in [5.41, 5.74) is 0.796. The molecule has 0 bridgehead atoms. The first kappa shape index (κ1) is 16.1. The molecule has 0 aliphatic carbocycles. The van der Waals surface area contributed by atoms with Gasteiger partial charge in [-0.2, -0.15) is 0 Å². The predicted molar refractivity (Wildman–Crippen MR) is 80.0 cm³/mol. The van der Waals surface area contributed by atoms with Crippen LogP contribution in [0.25, 0.3) is 5.31 Å². The summed E-state index contributed by atoms with van der Waals surface area (Å²) < 4.78 is 11.3. The van der Waals surface area contributed by atoms with E-state index in [9.17, 15) is 9.46 Å². The second kappa shape index (κ2) is 9.89. The summed E-state index contributed by atoms with van der Waals surface area (Å²) >= 11 is 0. The molecule has 0 amide bonds. The van der Waals surface area contributed by atoms with Gasteiger partial charge in [0.15, 0.2) is 5.31 Å². The molecule has 1 unspecified atom stereocenters. The van der Waals surface area contributed by atoms with Crippen molar-refractivity contribution >= 4 is 13.3 Å². The molecule has 104 valence electrons. The van der Waals surface area contributed by atoms with Crippen LogP contribution in [-0.2, 0) is 4.57 Å². The first-order valence-electron chi connectivity index (χ1n) is 7.15. The van der Waals surface area contributed by atoms with Crippen LogP contribution in [0.1, 0.15) is 57.4 Å². The summed E-state index contributed by atoms with van der Waals surface area (Å²) in [6.07, 6.45) is 10.1. The smallest absolute Gasteiger partial charge is 0.349 e. The number of rotatable bonds is 9. The molecule has 2 nitrogen and oxygen atoms in total. The normalized spacial score (nSPS) is 12.5. The lowest BCUT2D eigenvalue weighted by Gasteiger charge is -2.00. The van der Waals surface area contributed by atoms with Crippen molar-refractivity contribution in [1.29, 1.82) is 0 Å². The maximum atomic E-state index is 11.3. The van der Waals surface area contributed by atoms with Gasteiger partial charge in [0.05, 0.1) is 0 Å². The molecule has 1 rings (SSSR count). The average molecular weight is 278 g/mol. The number of unbranched alkanes of at least 4 members (excludes halogenated alkanes) is 6. The van der Waals surface area contributed by atoms with Crippen molar-refractivity contribution in [2.75, 3.05) is 0 Å². The number of hydrogen-bond donors (Lipinski definition) is 0. The molecular formula is C16H23O2P. The number of hydrogen-bond acceptors (Lipinski definition) is 2. The summed E-state index contributed by atoms with van der Waals surface area (Å²) in [6.45, 7) is 2.21. The van der Waals surface area contributed by atoms with Gasteiger partial charge in [0.25, 0.3) is 0 Å². The molecule has 19 heavy (non-hydrogen) atoms. The molecule has 1 atom stereocenters. The molecule has 0 fully saturated rings. The van der Waals surface area contributed by atoms with Gasteiger partial charge >= 0.3 is 8.03 Å². The fraction of sp³-hybridized carbons (Fsp3) is 0.500. The zero-order valence-electron chi connectivity index (χ0n) is 11.7. The molecule has 0 N–H and O–H groups in total. The molecule has 0 aliphatic heterocycles. The summed E-state index contributed by atoms with van der Waals surface area (Å²) in [7, 11) is -2.51. The predicted octanol–water partition coefficient (Wildman–Crippen LogP) is 4.88. The second-order valence-electron chi connectivity index (χ2n) is 4.77. The van der Waals surface area contributed by atoms with E-state index in [-0.39, 0.29) is 0 Å². The van der Waals surface area contributed by atoms with Crippen LogP contribution in [0, 0.1) is 0 Å². The van der Waals surface area contributed by atoms with Crippen molar-refractivity contribution in [3.05, 3.63) is 42.0 Å². The molecule has 3 heteroatoms. The Labute approximate surface area is 117 Å². The minimum absolute atomic E-state index is 0.462. The summed E-state index contributed by atoms with van der Waals surface area (Å²) in [4.78, 5) is 11.3. The van der Waals surface area contributed by atoms with Gasteiger partial charge in [0, 0.05) is 5.56 Å². The quantitative estimate of drug-likeness (QED) is 0.477. The van der Waals surface area contributed by atoms with E-state index in [1.165, 1.54) is 32.1 Å². The van der Waals surface area contributed by atoms with Crippen LogP contribution in [0.4, 0.5) is 0 Å². The molecule has 0 aliphatic rings. The Morgan fingerprint density at radius 3 is 2.37 bits per heavy atom. The van der Waals surface area contributed by atoms with Crippen LogP contribution in [0.15, 0.2) is 36.4 Å². The van der Waals surface area contributed by atoms with Gasteiger partial charge < -0.3 is 4.89 Å². The number of allylic oxidation sites excluding steroid dienone is 1. The highest BCUT2D eigenvalue weighted by molar-refractivity contribution is 7.49. The van der Waals surface area contributed by atoms with Crippen molar-refractivity contribution in [2.45, 2.75) is 51.9 Å². The van der Waals surface area contributed by atoms with Crippen LogP contribution in [0.3, 0.4) is 0 Å². The fourth-order valence-corrected chi connectivity index (χ4v) is 2.71. The fourth-order valence-electron chi connectivity index (χ4n) is 2.07. The largest absolute Gasteiger partial charge is 0.591 e. The summed E-state index contributed by atoms with van der Waals surface area (Å²) in [5, 5.41) is 0.462. The Bertz CT molecular complexity index is 398. The lowest BCUT2D eigenvalue weighted by Crippen LogP contribution is -1.90. The zero-order valence-corrected chi connectivity index (χ0v) is 12.6. The van der Waals surface area contributed by atoms with Crippen molar-refractivity contribution in [3.8, 4) is 0 Å². The van der Waals surface area contributed by atoms with Crippen LogP contribution >= 0.6 is 8.03 Å². The molecule has 0 saturated carbocycles. The van der Waals surface area contributed by atoms with Gasteiger partial charge in [-0.1, -0.05) is 73.9 Å². The lowest BCUT2D eigenvalue weighted by molar-refractivity contribution is -0.160. The Morgan fingerprint density at radius 1 is 1.11 bits per heavy atom. The first-order valence-corrected chi connectivity index (χ1v) is 8.33. The van der Waals surface area contributed by atoms with E-state index in [1.807, 2.05) is 36.4 Å². The molecule has 1 aromatic carbocycles. The molecule has 0 aromatic heterocycles. The SMILES string of the molecule is CCCCCCCCC=C(c1ccccc1)[P+](=O)[O-]. The highest BCUT2D eigenvalue weighted by Crippen LogP contribution is 2.33. The molecule has 0 radical (unpaired) electrons. The monoisotopic (exact) mass is 278 g/mol. The van der Waals surface area contributed by atoms with Crippen molar-refractivity contribution in [1.82, 2.24) is 0 Å². The van der Waals surface area contributed by atoms with E-state index in [0.29, 0.717) is 5.31 Å². The molecule has 1 aromatic rings. The van der Waals surface area contributed by atoms with Gasteiger partial charge in [-0.05, 0) is 18.9 Å². The van der Waals surface area contributed by atoms with Gasteiger partial charge in [0.2, 0.25) is 0 Å². The van der Waals surface area contributed by atoms with Crippen LogP contribution in [0.2, 0.25) is 0 Å². The molecule has 0 spiro atoms. The third-order valence-corrected chi connectivity index (χ3v) is 4.00. The van der Waals surface area contributed by atoms with Gasteiger partial charge in [-0.3, -0.25) is 0 Å². The average Bonchev–Trinajstić information content (AvgIpc) is 2.42. The maximum absolute atomic E-state index is 11.3. The van der Waals surface area contributed by atoms with Gasteiger partial charge in [-0.15, -0.1) is 0 Å². The van der Waals surface area contributed by atoms with Gasteiger partial charge in [-0.25, -0.2) is 0 Å². The molecular weight excluding hydrogens is 255 g/mol. The third-order valence-electron chi connectivity index (χ3n) is 3.16. The Kier molecular flexibility index (Phi) is 8.36. The Balaban J connectivity index is 2.41. The van der Waals surface area contributed by atoms with E-state index in [4.69, 9.17) is 0 Å². The molecule has 0 saturated heterocycles. The standard InChI is InChI=1S/C16H23O2P/c1-2-3-4-5-6-7-11-14-16(19(17)18)15-12-9-8-10-13-15/h8-10,12-14H,2-7,11H2,1H3. The lowest BCUT2D eigenvalue weighted by atomic mass is 10.1. The first-order chi connectivity index (χ1) is 9.25. The zero-order chi connectivity index (χ0) is 13.9. The highest BCUT2D eigenvalue weighted by atomic mass is 31.1. The minimum atomic E-state index is -2.51. The highest BCUT2D eigenvalue weighted by Gasteiger charge is 2.13. The van der Waals surface area contributed by atoms with Crippen LogP contribution in [0.5, 0.6) is 0 Å². The van der Waals surface area contributed by atoms with Crippen molar-refractivity contribution in [2.24, 2.45) is 0 Å². The minimum Gasteiger partial charge on any atom is -0.591 e. The van der Waals surface area contributed by atoms with Gasteiger partial charge in [0.1, 0.15) is 0 Å². The van der Waals surface area contributed by atoms with E-state index in [0.717, 1.165) is 18.4 Å². The van der Waals surface area contributed by atoms with Crippen LogP contribution in [-0.4, -0.2) is 0 Å². The number of benzene rings is 1. The van der Waals surface area contributed by atoms with E-state index >= 15 is 0 Å². The topological polar surface area (TPSA) is 40.1 Å². The summed E-state index contributed by atoms with van der Waals surface area (Å²) in [5.74, 6) is 0. The van der Waals surface area contributed by atoms with E-state index in [2.05, 4.69) is 6.92 Å². The maximum Gasteiger partial charge on any atom is 0.349 e. The van der Waals surface area contributed by atoms with Crippen molar-refractivity contribution < 1.29 is 9.46 Å². The Hall–Kier alpha value is -0.980. The van der Waals surface area contributed by atoms with E-state index < -0.39 is 8.03 Å². The second-order valence-corrected chi connectivity index (χ2v) is 5.76. The van der Waals surface area contributed by atoms with Crippen molar-refractivity contribution in [3.63, 3.8) is 0 Å². The van der Waals surface area contributed by atoms with Crippen LogP contribution < -0.4 is 4.89 Å².